The zero-order valence-corrected chi connectivity index (χ0v) is 15.6. The Morgan fingerprint density at radius 1 is 0.926 bits per heavy atom. The summed E-state index contributed by atoms with van der Waals surface area (Å²) in [6.07, 6.45) is 0.674. The predicted octanol–water partition coefficient (Wildman–Crippen LogP) is 2.16. The molecule has 2 aromatic carbocycles. The van der Waals surface area contributed by atoms with Crippen LogP contribution in [0.1, 0.15) is 27.0 Å². The van der Waals surface area contributed by atoms with Crippen LogP contribution in [0.2, 0.25) is 0 Å². The Morgan fingerprint density at radius 2 is 1.63 bits per heavy atom. The molecule has 0 unspecified atom stereocenters. The fraction of sp³-hybridized carbons (Fsp3) is 0.333. The minimum atomic E-state index is -0.246. The largest absolute Gasteiger partial charge is 0.486 e. The van der Waals surface area contributed by atoms with Gasteiger partial charge in [-0.3, -0.25) is 9.59 Å². The molecule has 2 aromatic rings. The highest BCUT2D eigenvalue weighted by atomic mass is 16.6. The molecule has 1 aliphatic rings. The number of aryl methyl sites for hydroxylation is 2. The van der Waals surface area contributed by atoms with E-state index in [4.69, 9.17) is 9.47 Å². The van der Waals surface area contributed by atoms with Crippen molar-refractivity contribution in [3.05, 3.63) is 58.7 Å². The Balaban J connectivity index is 1.42. The molecular formula is C21H24N2O4. The first-order valence-corrected chi connectivity index (χ1v) is 9.03. The van der Waals surface area contributed by atoms with E-state index < -0.39 is 0 Å². The van der Waals surface area contributed by atoms with Crippen molar-refractivity contribution in [2.45, 2.75) is 20.3 Å². The summed E-state index contributed by atoms with van der Waals surface area (Å²) in [7, 11) is 0. The summed E-state index contributed by atoms with van der Waals surface area (Å²) in [5.41, 5.74) is 3.66. The number of carbonyl (C=O) groups excluding carboxylic acids is 2. The fourth-order valence-electron chi connectivity index (χ4n) is 3.02. The van der Waals surface area contributed by atoms with Crippen LogP contribution in [0.25, 0.3) is 0 Å². The molecule has 0 aromatic heterocycles. The van der Waals surface area contributed by atoms with Gasteiger partial charge in [0.1, 0.15) is 13.2 Å². The van der Waals surface area contributed by atoms with E-state index in [1.807, 2.05) is 50.2 Å². The van der Waals surface area contributed by atoms with Crippen LogP contribution in [0.3, 0.4) is 0 Å². The molecular weight excluding hydrogens is 344 g/mol. The summed E-state index contributed by atoms with van der Waals surface area (Å²) >= 11 is 0. The van der Waals surface area contributed by atoms with Gasteiger partial charge >= 0.3 is 0 Å². The summed E-state index contributed by atoms with van der Waals surface area (Å²) < 4.78 is 11.0. The third kappa shape index (κ3) is 5.23. The third-order valence-electron chi connectivity index (χ3n) is 4.24. The standard InChI is InChI=1S/C21H24N2O4/c1-14-9-15(2)11-17(10-14)21(25)23-13-20(24)22-6-5-16-3-4-18-19(12-16)27-8-7-26-18/h3-4,9-12H,5-8,13H2,1-2H3,(H,22,24)(H,23,25). The molecule has 0 fully saturated rings. The van der Waals surface area contributed by atoms with Crippen molar-refractivity contribution < 1.29 is 19.1 Å². The van der Waals surface area contributed by atoms with Gasteiger partial charge in [0, 0.05) is 12.1 Å². The third-order valence-corrected chi connectivity index (χ3v) is 4.24. The van der Waals surface area contributed by atoms with E-state index in [1.165, 1.54) is 0 Å². The number of benzene rings is 2. The first kappa shape index (κ1) is 18.8. The van der Waals surface area contributed by atoms with Crippen LogP contribution in [-0.4, -0.2) is 38.1 Å². The molecule has 2 amide bonds. The normalized spacial score (nSPS) is 12.4. The van der Waals surface area contributed by atoms with Crippen molar-refractivity contribution in [1.82, 2.24) is 10.6 Å². The lowest BCUT2D eigenvalue weighted by atomic mass is 10.1. The summed E-state index contributed by atoms with van der Waals surface area (Å²) in [6.45, 7) is 5.43. The zero-order valence-electron chi connectivity index (χ0n) is 15.6. The van der Waals surface area contributed by atoms with Gasteiger partial charge in [0.15, 0.2) is 11.5 Å². The van der Waals surface area contributed by atoms with Gasteiger partial charge in [-0.15, -0.1) is 0 Å². The first-order valence-electron chi connectivity index (χ1n) is 9.03. The molecule has 6 heteroatoms. The second kappa shape index (κ2) is 8.58. The molecule has 0 saturated heterocycles. The van der Waals surface area contributed by atoms with Crippen molar-refractivity contribution in [3.8, 4) is 11.5 Å². The Labute approximate surface area is 158 Å². The molecule has 1 aliphatic heterocycles. The van der Waals surface area contributed by atoms with Crippen molar-refractivity contribution in [2.24, 2.45) is 0 Å². The smallest absolute Gasteiger partial charge is 0.251 e. The lowest BCUT2D eigenvalue weighted by Gasteiger charge is -2.18. The van der Waals surface area contributed by atoms with E-state index >= 15 is 0 Å². The van der Waals surface area contributed by atoms with E-state index in [0.717, 1.165) is 28.2 Å². The summed E-state index contributed by atoms with van der Waals surface area (Å²) in [5, 5.41) is 5.47. The number of carbonyl (C=O) groups is 2. The highest BCUT2D eigenvalue weighted by Crippen LogP contribution is 2.30. The molecule has 1 heterocycles. The monoisotopic (exact) mass is 368 g/mol. The lowest BCUT2D eigenvalue weighted by molar-refractivity contribution is -0.120. The summed E-state index contributed by atoms with van der Waals surface area (Å²) in [5.74, 6) is 1.03. The quantitative estimate of drug-likeness (QED) is 0.819. The molecule has 0 radical (unpaired) electrons. The molecule has 3 rings (SSSR count). The molecule has 27 heavy (non-hydrogen) atoms. The van der Waals surface area contributed by atoms with Crippen LogP contribution in [0.4, 0.5) is 0 Å². The van der Waals surface area contributed by atoms with Crippen molar-refractivity contribution in [3.63, 3.8) is 0 Å². The number of rotatable bonds is 6. The van der Waals surface area contributed by atoms with Crippen molar-refractivity contribution in [2.75, 3.05) is 26.3 Å². The van der Waals surface area contributed by atoms with Crippen LogP contribution in [0.5, 0.6) is 11.5 Å². The van der Waals surface area contributed by atoms with E-state index in [2.05, 4.69) is 10.6 Å². The Bertz CT molecular complexity index is 828. The van der Waals surface area contributed by atoms with Crippen LogP contribution < -0.4 is 20.1 Å². The zero-order chi connectivity index (χ0) is 19.2. The van der Waals surface area contributed by atoms with E-state index in [0.29, 0.717) is 31.7 Å². The Morgan fingerprint density at radius 3 is 2.37 bits per heavy atom. The van der Waals surface area contributed by atoms with E-state index in [1.54, 1.807) is 0 Å². The van der Waals surface area contributed by atoms with Gasteiger partial charge in [-0.1, -0.05) is 23.3 Å². The Kier molecular flexibility index (Phi) is 5.96. The molecule has 0 saturated carbocycles. The molecule has 142 valence electrons. The van der Waals surface area contributed by atoms with E-state index in [-0.39, 0.29) is 18.4 Å². The van der Waals surface area contributed by atoms with Gasteiger partial charge in [-0.2, -0.15) is 0 Å². The number of hydrogen-bond acceptors (Lipinski definition) is 4. The van der Waals surface area contributed by atoms with Crippen molar-refractivity contribution in [1.29, 1.82) is 0 Å². The van der Waals surface area contributed by atoms with Gasteiger partial charge in [0.2, 0.25) is 5.91 Å². The minimum absolute atomic E-state index is 0.0486. The van der Waals surface area contributed by atoms with Gasteiger partial charge in [0.05, 0.1) is 6.54 Å². The van der Waals surface area contributed by atoms with Crippen LogP contribution in [0.15, 0.2) is 36.4 Å². The minimum Gasteiger partial charge on any atom is -0.486 e. The average Bonchev–Trinajstić information content (AvgIpc) is 2.65. The lowest BCUT2D eigenvalue weighted by Crippen LogP contribution is -2.37. The molecule has 0 aliphatic carbocycles. The summed E-state index contributed by atoms with van der Waals surface area (Å²) in [4.78, 5) is 24.1. The second-order valence-corrected chi connectivity index (χ2v) is 6.64. The first-order chi connectivity index (χ1) is 13.0. The van der Waals surface area contributed by atoms with Crippen LogP contribution in [-0.2, 0) is 11.2 Å². The number of fused-ring (bicyclic) bond motifs is 1. The van der Waals surface area contributed by atoms with Crippen molar-refractivity contribution >= 4 is 11.8 Å². The molecule has 2 N–H and O–H groups in total. The number of amides is 2. The summed E-state index contributed by atoms with van der Waals surface area (Å²) in [6, 6.07) is 11.4. The Hall–Kier alpha value is -3.02. The van der Waals surface area contributed by atoms with Crippen LogP contribution >= 0.6 is 0 Å². The maximum absolute atomic E-state index is 12.2. The maximum atomic E-state index is 12.2. The number of hydrogen-bond donors (Lipinski definition) is 2. The SMILES string of the molecule is Cc1cc(C)cc(C(=O)NCC(=O)NCCc2ccc3c(c2)OCCO3)c1. The predicted molar refractivity (Wildman–Crippen MR) is 102 cm³/mol. The topological polar surface area (TPSA) is 76.7 Å². The number of ether oxygens (including phenoxy) is 2. The maximum Gasteiger partial charge on any atom is 0.251 e. The fourth-order valence-corrected chi connectivity index (χ4v) is 3.02. The highest BCUT2D eigenvalue weighted by Gasteiger charge is 2.12. The number of nitrogens with one attached hydrogen (secondary N) is 2. The highest BCUT2D eigenvalue weighted by molar-refractivity contribution is 5.96. The van der Waals surface area contributed by atoms with Gasteiger partial charge < -0.3 is 20.1 Å². The van der Waals surface area contributed by atoms with Gasteiger partial charge in [0.25, 0.3) is 5.91 Å². The van der Waals surface area contributed by atoms with Gasteiger partial charge in [-0.25, -0.2) is 0 Å². The molecule has 6 nitrogen and oxygen atoms in total. The molecule has 0 spiro atoms. The molecule has 0 bridgehead atoms. The van der Waals surface area contributed by atoms with Gasteiger partial charge in [-0.05, 0) is 50.1 Å². The second-order valence-electron chi connectivity index (χ2n) is 6.64. The van der Waals surface area contributed by atoms with E-state index in [9.17, 15) is 9.59 Å². The molecule has 0 atom stereocenters. The van der Waals surface area contributed by atoms with Crippen LogP contribution in [0, 0.1) is 13.8 Å². The average molecular weight is 368 g/mol.